The van der Waals surface area contributed by atoms with Gasteiger partial charge in [-0.05, 0) is 24.3 Å². The van der Waals surface area contributed by atoms with Gasteiger partial charge in [-0.1, -0.05) is 30.0 Å². The fourth-order valence-corrected chi connectivity index (χ4v) is 2.91. The second-order valence-electron chi connectivity index (χ2n) is 4.95. The topological polar surface area (TPSA) is 95.9 Å². The molecule has 3 aromatic heterocycles. The highest BCUT2D eigenvalue weighted by Crippen LogP contribution is 2.25. The summed E-state index contributed by atoms with van der Waals surface area (Å²) in [6.45, 7) is 0. The molecule has 0 radical (unpaired) electrons. The predicted octanol–water partition coefficient (Wildman–Crippen LogP) is 3.20. The second kappa shape index (κ2) is 6.25. The summed E-state index contributed by atoms with van der Waals surface area (Å²) >= 11 is 1.43. The SMILES string of the molecule is Nn1c(SCc2coc(-c3ccccc3)n2)nnc1-c1ccco1. The van der Waals surface area contributed by atoms with Gasteiger partial charge in [0.05, 0.1) is 12.0 Å². The first-order valence-electron chi connectivity index (χ1n) is 7.18. The molecule has 0 aliphatic heterocycles. The Hall–Kier alpha value is -3.00. The zero-order chi connectivity index (χ0) is 16.4. The number of hydrogen-bond acceptors (Lipinski definition) is 7. The first kappa shape index (κ1) is 14.6. The number of thioether (sulfide) groups is 1. The number of oxazole rings is 1. The minimum Gasteiger partial charge on any atom is -0.461 e. The highest BCUT2D eigenvalue weighted by Gasteiger charge is 2.15. The lowest BCUT2D eigenvalue weighted by Crippen LogP contribution is -2.11. The van der Waals surface area contributed by atoms with Crippen molar-refractivity contribution in [3.8, 4) is 23.0 Å². The van der Waals surface area contributed by atoms with Crippen molar-refractivity contribution in [2.24, 2.45) is 0 Å². The first-order valence-corrected chi connectivity index (χ1v) is 8.17. The van der Waals surface area contributed by atoms with Crippen molar-refractivity contribution in [3.63, 3.8) is 0 Å². The molecule has 2 N–H and O–H groups in total. The van der Waals surface area contributed by atoms with E-state index < -0.39 is 0 Å². The molecule has 0 saturated heterocycles. The number of nitrogen functional groups attached to an aromatic ring is 1. The Kier molecular flexibility index (Phi) is 3.80. The molecule has 0 atom stereocenters. The summed E-state index contributed by atoms with van der Waals surface area (Å²) < 4.78 is 12.2. The van der Waals surface area contributed by atoms with Crippen LogP contribution in [0.25, 0.3) is 23.0 Å². The van der Waals surface area contributed by atoms with Crippen molar-refractivity contribution < 1.29 is 8.83 Å². The molecular formula is C16H13N5O2S. The van der Waals surface area contributed by atoms with E-state index in [2.05, 4.69) is 15.2 Å². The molecule has 0 aliphatic rings. The second-order valence-corrected chi connectivity index (χ2v) is 5.89. The van der Waals surface area contributed by atoms with Gasteiger partial charge in [0.2, 0.25) is 16.9 Å². The van der Waals surface area contributed by atoms with Crippen molar-refractivity contribution in [3.05, 3.63) is 60.7 Å². The molecule has 4 rings (SSSR count). The maximum atomic E-state index is 6.02. The van der Waals surface area contributed by atoms with Crippen LogP contribution in [-0.4, -0.2) is 19.9 Å². The zero-order valence-electron chi connectivity index (χ0n) is 12.5. The van der Waals surface area contributed by atoms with Crippen LogP contribution in [0.15, 0.2) is 69.0 Å². The van der Waals surface area contributed by atoms with E-state index in [1.54, 1.807) is 24.7 Å². The van der Waals surface area contributed by atoms with E-state index in [0.717, 1.165) is 11.3 Å². The monoisotopic (exact) mass is 339 g/mol. The lowest BCUT2D eigenvalue weighted by molar-refractivity contribution is 0.573. The van der Waals surface area contributed by atoms with Gasteiger partial charge in [0.25, 0.3) is 0 Å². The Balaban J connectivity index is 1.47. The van der Waals surface area contributed by atoms with Crippen molar-refractivity contribution in [1.29, 1.82) is 0 Å². The summed E-state index contributed by atoms with van der Waals surface area (Å²) in [6, 6.07) is 13.3. The molecule has 0 spiro atoms. The van der Waals surface area contributed by atoms with Crippen LogP contribution in [0.3, 0.4) is 0 Å². The Morgan fingerprint density at radius 1 is 1.04 bits per heavy atom. The largest absolute Gasteiger partial charge is 0.461 e. The van der Waals surface area contributed by atoms with Crippen LogP contribution in [-0.2, 0) is 5.75 Å². The Morgan fingerprint density at radius 2 is 1.92 bits per heavy atom. The lowest BCUT2D eigenvalue weighted by atomic mass is 10.2. The molecule has 0 aliphatic carbocycles. The predicted molar refractivity (Wildman–Crippen MR) is 89.4 cm³/mol. The quantitative estimate of drug-likeness (QED) is 0.440. The van der Waals surface area contributed by atoms with Crippen LogP contribution in [0.2, 0.25) is 0 Å². The van der Waals surface area contributed by atoms with Crippen LogP contribution in [0.1, 0.15) is 5.69 Å². The molecule has 4 aromatic rings. The summed E-state index contributed by atoms with van der Waals surface area (Å²) in [5.74, 6) is 8.24. The third kappa shape index (κ3) is 2.79. The number of rotatable bonds is 5. The smallest absolute Gasteiger partial charge is 0.226 e. The molecule has 24 heavy (non-hydrogen) atoms. The van der Waals surface area contributed by atoms with Gasteiger partial charge < -0.3 is 14.7 Å². The summed E-state index contributed by atoms with van der Waals surface area (Å²) in [4.78, 5) is 4.48. The molecule has 1 aromatic carbocycles. The number of furan rings is 1. The third-order valence-corrected chi connectivity index (χ3v) is 4.30. The van der Waals surface area contributed by atoms with Gasteiger partial charge in [-0.15, -0.1) is 10.2 Å². The van der Waals surface area contributed by atoms with Crippen LogP contribution in [0.5, 0.6) is 0 Å². The standard InChI is InChI=1S/C16H13N5O2S/c17-21-14(13-7-4-8-22-13)19-20-16(21)24-10-12-9-23-15(18-12)11-5-2-1-3-6-11/h1-9H,10,17H2. The highest BCUT2D eigenvalue weighted by atomic mass is 32.2. The highest BCUT2D eigenvalue weighted by molar-refractivity contribution is 7.98. The van der Waals surface area contributed by atoms with Crippen molar-refractivity contribution >= 4 is 11.8 Å². The lowest BCUT2D eigenvalue weighted by Gasteiger charge is -2.00. The molecule has 0 amide bonds. The number of benzene rings is 1. The molecule has 7 nitrogen and oxygen atoms in total. The van der Waals surface area contributed by atoms with Crippen molar-refractivity contribution in [1.82, 2.24) is 19.9 Å². The molecule has 120 valence electrons. The van der Waals surface area contributed by atoms with Crippen LogP contribution >= 0.6 is 11.8 Å². The van der Waals surface area contributed by atoms with Gasteiger partial charge in [-0.2, -0.15) is 0 Å². The van der Waals surface area contributed by atoms with Crippen LogP contribution in [0.4, 0.5) is 0 Å². The number of hydrogen-bond donors (Lipinski definition) is 1. The van der Waals surface area contributed by atoms with Gasteiger partial charge in [-0.3, -0.25) is 0 Å². The fraction of sp³-hybridized carbons (Fsp3) is 0.0625. The molecule has 0 unspecified atom stereocenters. The number of nitrogens with zero attached hydrogens (tertiary/aromatic N) is 4. The van der Waals surface area contributed by atoms with Crippen molar-refractivity contribution in [2.45, 2.75) is 10.9 Å². The molecule has 0 bridgehead atoms. The molecule has 0 fully saturated rings. The van der Waals surface area contributed by atoms with Crippen LogP contribution in [0, 0.1) is 0 Å². The van der Waals surface area contributed by atoms with E-state index >= 15 is 0 Å². The number of nitrogens with two attached hydrogens (primary N) is 1. The third-order valence-electron chi connectivity index (χ3n) is 3.33. The summed E-state index contributed by atoms with van der Waals surface area (Å²) in [5.41, 5.74) is 1.75. The Bertz CT molecular complexity index is 931. The molecular weight excluding hydrogens is 326 g/mol. The zero-order valence-corrected chi connectivity index (χ0v) is 13.3. The first-order chi connectivity index (χ1) is 11.8. The number of aromatic nitrogens is 4. The van der Waals surface area contributed by atoms with Gasteiger partial charge in [-0.25, -0.2) is 9.66 Å². The summed E-state index contributed by atoms with van der Waals surface area (Å²) in [5, 5.41) is 8.71. The van der Waals surface area contributed by atoms with E-state index in [4.69, 9.17) is 14.7 Å². The van der Waals surface area contributed by atoms with E-state index in [0.29, 0.717) is 28.4 Å². The van der Waals surface area contributed by atoms with Gasteiger partial charge >= 0.3 is 0 Å². The Morgan fingerprint density at radius 3 is 2.71 bits per heavy atom. The average molecular weight is 339 g/mol. The van der Waals surface area contributed by atoms with Crippen LogP contribution < -0.4 is 5.84 Å². The van der Waals surface area contributed by atoms with E-state index in [9.17, 15) is 0 Å². The van der Waals surface area contributed by atoms with E-state index in [1.165, 1.54) is 16.4 Å². The van der Waals surface area contributed by atoms with E-state index in [1.807, 2.05) is 30.3 Å². The Labute approximate surface area is 141 Å². The average Bonchev–Trinajstić information content (AvgIpc) is 3.35. The summed E-state index contributed by atoms with van der Waals surface area (Å²) in [7, 11) is 0. The normalized spacial score (nSPS) is 11.0. The minimum absolute atomic E-state index is 0.479. The minimum atomic E-state index is 0.479. The van der Waals surface area contributed by atoms with E-state index in [-0.39, 0.29) is 0 Å². The maximum Gasteiger partial charge on any atom is 0.226 e. The van der Waals surface area contributed by atoms with Gasteiger partial charge in [0.1, 0.15) is 6.26 Å². The molecule has 0 saturated carbocycles. The summed E-state index contributed by atoms with van der Waals surface area (Å²) in [6.07, 6.45) is 3.21. The van der Waals surface area contributed by atoms with Crippen molar-refractivity contribution in [2.75, 3.05) is 5.84 Å². The van der Waals surface area contributed by atoms with Gasteiger partial charge in [0, 0.05) is 11.3 Å². The molecule has 8 heteroatoms. The fourth-order valence-electron chi connectivity index (χ4n) is 2.17. The molecule has 3 heterocycles. The van der Waals surface area contributed by atoms with Gasteiger partial charge in [0.15, 0.2) is 5.76 Å². The maximum absolute atomic E-state index is 6.02.